The summed E-state index contributed by atoms with van der Waals surface area (Å²) in [5.41, 5.74) is 8.74. The number of hydrogen-bond acceptors (Lipinski definition) is 5. The molecule has 0 radical (unpaired) electrons. The summed E-state index contributed by atoms with van der Waals surface area (Å²) in [5, 5.41) is 4.34. The molecule has 0 aliphatic carbocycles. The number of rotatable bonds is 3. The van der Waals surface area contributed by atoms with Crippen LogP contribution in [0.25, 0.3) is 5.52 Å². The van der Waals surface area contributed by atoms with E-state index in [0.717, 1.165) is 34.1 Å². The van der Waals surface area contributed by atoms with E-state index >= 15 is 0 Å². The lowest BCUT2D eigenvalue weighted by Gasteiger charge is -2.31. The summed E-state index contributed by atoms with van der Waals surface area (Å²) >= 11 is 3.54. The van der Waals surface area contributed by atoms with E-state index < -0.39 is 0 Å². The van der Waals surface area contributed by atoms with Crippen LogP contribution in [0.2, 0.25) is 0 Å². The standard InChI is InChI=1S/C19H20BrN5O2/c20-15-9-16(25-17(15)18(21)22-12-23-25)14-7-4-8-24(10-14)19(26)27-11-13-5-2-1-3-6-13/h1-3,5-6,9,12,14H,4,7-8,10-11H2,(H2,21,22,23)/t14-/m0/s1. The maximum absolute atomic E-state index is 12.5. The van der Waals surface area contributed by atoms with E-state index in [1.54, 1.807) is 4.90 Å². The Morgan fingerprint density at radius 1 is 1.33 bits per heavy atom. The number of nitrogens with two attached hydrogens (primary N) is 1. The van der Waals surface area contributed by atoms with E-state index in [0.29, 0.717) is 18.9 Å². The number of hydrogen-bond donors (Lipinski definition) is 1. The monoisotopic (exact) mass is 429 g/mol. The maximum Gasteiger partial charge on any atom is 0.410 e. The Labute approximate surface area is 165 Å². The van der Waals surface area contributed by atoms with Gasteiger partial charge in [-0.15, -0.1) is 0 Å². The van der Waals surface area contributed by atoms with Crippen molar-refractivity contribution in [2.75, 3.05) is 18.8 Å². The van der Waals surface area contributed by atoms with Gasteiger partial charge in [0.25, 0.3) is 0 Å². The van der Waals surface area contributed by atoms with Gasteiger partial charge in [-0.2, -0.15) is 5.10 Å². The molecule has 8 heteroatoms. The molecule has 0 unspecified atom stereocenters. The molecule has 7 nitrogen and oxygen atoms in total. The molecule has 1 amide bonds. The van der Waals surface area contributed by atoms with Crippen molar-refractivity contribution >= 4 is 33.4 Å². The van der Waals surface area contributed by atoms with Crippen molar-refractivity contribution in [2.45, 2.75) is 25.4 Å². The lowest BCUT2D eigenvalue weighted by molar-refractivity contribution is 0.0855. The highest BCUT2D eigenvalue weighted by atomic mass is 79.9. The number of carbonyl (C=O) groups excluding carboxylic acids is 1. The van der Waals surface area contributed by atoms with Gasteiger partial charge in [-0.25, -0.2) is 14.3 Å². The molecule has 1 fully saturated rings. The first-order valence-electron chi connectivity index (χ1n) is 8.86. The van der Waals surface area contributed by atoms with Crippen LogP contribution in [0.15, 0.2) is 47.2 Å². The van der Waals surface area contributed by atoms with Gasteiger partial charge in [-0.3, -0.25) is 0 Å². The summed E-state index contributed by atoms with van der Waals surface area (Å²) in [6.45, 7) is 1.58. The summed E-state index contributed by atoms with van der Waals surface area (Å²) in [6, 6.07) is 11.7. The number of anilines is 1. The van der Waals surface area contributed by atoms with Gasteiger partial charge < -0.3 is 15.4 Å². The molecule has 1 atom stereocenters. The Kier molecular flexibility index (Phi) is 4.98. The van der Waals surface area contributed by atoms with Crippen molar-refractivity contribution in [2.24, 2.45) is 0 Å². The average Bonchev–Trinajstić information content (AvgIpc) is 3.05. The van der Waals surface area contributed by atoms with Crippen molar-refractivity contribution in [3.05, 3.63) is 58.5 Å². The molecule has 3 heterocycles. The third-order valence-electron chi connectivity index (χ3n) is 4.87. The number of piperidine rings is 1. The van der Waals surface area contributed by atoms with E-state index in [9.17, 15) is 4.79 Å². The summed E-state index contributed by atoms with van der Waals surface area (Å²) < 4.78 is 8.16. The minimum Gasteiger partial charge on any atom is -0.445 e. The average molecular weight is 430 g/mol. The van der Waals surface area contributed by atoms with E-state index in [1.807, 2.05) is 40.9 Å². The first-order chi connectivity index (χ1) is 13.1. The first-order valence-corrected chi connectivity index (χ1v) is 9.66. The fourth-order valence-corrected chi connectivity index (χ4v) is 4.14. The van der Waals surface area contributed by atoms with Crippen molar-refractivity contribution in [3.63, 3.8) is 0 Å². The molecule has 0 bridgehead atoms. The van der Waals surface area contributed by atoms with Crippen LogP contribution in [0.1, 0.15) is 30.0 Å². The molecular formula is C19H20BrN5O2. The fraction of sp³-hybridized carbons (Fsp3) is 0.316. The van der Waals surface area contributed by atoms with Gasteiger partial charge in [-0.05, 0) is 40.4 Å². The summed E-state index contributed by atoms with van der Waals surface area (Å²) in [7, 11) is 0. The molecule has 0 saturated carbocycles. The molecule has 140 valence electrons. The smallest absolute Gasteiger partial charge is 0.410 e. The quantitative estimate of drug-likeness (QED) is 0.687. The molecule has 1 aliphatic heterocycles. The van der Waals surface area contributed by atoms with Crippen LogP contribution in [-0.2, 0) is 11.3 Å². The van der Waals surface area contributed by atoms with E-state index in [2.05, 4.69) is 26.0 Å². The van der Waals surface area contributed by atoms with Crippen LogP contribution >= 0.6 is 15.9 Å². The van der Waals surface area contributed by atoms with Crippen molar-refractivity contribution in [3.8, 4) is 0 Å². The number of halogens is 1. The van der Waals surface area contributed by atoms with Crippen LogP contribution in [0.3, 0.4) is 0 Å². The maximum atomic E-state index is 12.5. The number of nitrogens with zero attached hydrogens (tertiary/aromatic N) is 4. The highest BCUT2D eigenvalue weighted by Gasteiger charge is 2.28. The molecular weight excluding hydrogens is 410 g/mol. The summed E-state index contributed by atoms with van der Waals surface area (Å²) in [4.78, 5) is 18.3. The van der Waals surface area contributed by atoms with Gasteiger partial charge in [0.05, 0.1) is 0 Å². The Morgan fingerprint density at radius 2 is 2.15 bits per heavy atom. The van der Waals surface area contributed by atoms with Crippen LogP contribution in [0.4, 0.5) is 10.6 Å². The molecule has 0 spiro atoms. The molecule has 2 N–H and O–H groups in total. The predicted octanol–water partition coefficient (Wildman–Crippen LogP) is 3.59. The number of amides is 1. The zero-order valence-electron chi connectivity index (χ0n) is 14.7. The Morgan fingerprint density at radius 3 is 2.96 bits per heavy atom. The zero-order chi connectivity index (χ0) is 18.8. The third kappa shape index (κ3) is 3.62. The van der Waals surface area contributed by atoms with Crippen LogP contribution in [-0.4, -0.2) is 38.7 Å². The number of benzene rings is 1. The van der Waals surface area contributed by atoms with Gasteiger partial charge in [-0.1, -0.05) is 30.3 Å². The third-order valence-corrected chi connectivity index (χ3v) is 5.47. The normalized spacial score (nSPS) is 17.2. The fourth-order valence-electron chi connectivity index (χ4n) is 3.53. The van der Waals surface area contributed by atoms with Crippen molar-refractivity contribution in [1.82, 2.24) is 19.5 Å². The highest BCUT2D eigenvalue weighted by Crippen LogP contribution is 2.33. The molecule has 1 aromatic carbocycles. The Hall–Kier alpha value is -2.61. The minimum atomic E-state index is -0.280. The number of ether oxygens (including phenoxy) is 1. The first kappa shape index (κ1) is 17.8. The van der Waals surface area contributed by atoms with Gasteiger partial charge >= 0.3 is 6.09 Å². The lowest BCUT2D eigenvalue weighted by atomic mass is 9.95. The van der Waals surface area contributed by atoms with Crippen molar-refractivity contribution in [1.29, 1.82) is 0 Å². The highest BCUT2D eigenvalue weighted by molar-refractivity contribution is 9.10. The summed E-state index contributed by atoms with van der Waals surface area (Å²) in [6.07, 6.45) is 3.06. The minimum absolute atomic E-state index is 0.163. The van der Waals surface area contributed by atoms with E-state index in [-0.39, 0.29) is 18.6 Å². The molecule has 27 heavy (non-hydrogen) atoms. The zero-order valence-corrected chi connectivity index (χ0v) is 16.3. The second-order valence-electron chi connectivity index (χ2n) is 6.65. The van der Waals surface area contributed by atoms with Crippen LogP contribution in [0, 0.1) is 0 Å². The summed E-state index contributed by atoms with van der Waals surface area (Å²) in [5.74, 6) is 0.592. The predicted molar refractivity (Wildman–Crippen MR) is 105 cm³/mol. The van der Waals surface area contributed by atoms with Crippen LogP contribution < -0.4 is 5.73 Å². The van der Waals surface area contributed by atoms with Gasteiger partial charge in [0, 0.05) is 29.2 Å². The largest absolute Gasteiger partial charge is 0.445 e. The Balaban J connectivity index is 1.48. The van der Waals surface area contributed by atoms with Crippen molar-refractivity contribution < 1.29 is 9.53 Å². The molecule has 4 rings (SSSR count). The van der Waals surface area contributed by atoms with E-state index in [1.165, 1.54) is 6.33 Å². The van der Waals surface area contributed by atoms with Gasteiger partial charge in [0.2, 0.25) is 0 Å². The van der Waals surface area contributed by atoms with E-state index in [4.69, 9.17) is 10.5 Å². The molecule has 3 aromatic rings. The molecule has 1 aliphatic rings. The number of aromatic nitrogens is 3. The number of nitrogen functional groups attached to an aromatic ring is 1. The number of carbonyl (C=O) groups is 1. The van der Waals surface area contributed by atoms with Gasteiger partial charge in [0.1, 0.15) is 18.5 Å². The second-order valence-corrected chi connectivity index (χ2v) is 7.50. The van der Waals surface area contributed by atoms with Crippen LogP contribution in [0.5, 0.6) is 0 Å². The van der Waals surface area contributed by atoms with Gasteiger partial charge in [0.15, 0.2) is 5.82 Å². The Bertz CT molecular complexity index is 959. The second kappa shape index (κ2) is 7.56. The number of likely N-dealkylation sites (tertiary alicyclic amines) is 1. The topological polar surface area (TPSA) is 85.8 Å². The molecule has 2 aromatic heterocycles. The number of fused-ring (bicyclic) bond motifs is 1. The molecule has 1 saturated heterocycles. The lowest BCUT2D eigenvalue weighted by Crippen LogP contribution is -2.39. The SMILES string of the molecule is Nc1ncnn2c([C@H]3CCCN(C(=O)OCc4ccccc4)C3)cc(Br)c12.